The van der Waals surface area contributed by atoms with Crippen molar-refractivity contribution in [3.63, 3.8) is 0 Å². The van der Waals surface area contributed by atoms with Crippen molar-refractivity contribution in [2.24, 2.45) is 13.0 Å². The molecule has 1 aromatic rings. The summed E-state index contributed by atoms with van der Waals surface area (Å²) in [5.41, 5.74) is 0. The molecule has 1 saturated carbocycles. The fourth-order valence-electron chi connectivity index (χ4n) is 2.12. The highest BCUT2D eigenvalue weighted by atomic mass is 16.4. The van der Waals surface area contributed by atoms with Gasteiger partial charge in [-0.05, 0) is 23.3 Å². The van der Waals surface area contributed by atoms with Gasteiger partial charge in [-0.15, -0.1) is 0 Å². The van der Waals surface area contributed by atoms with Crippen LogP contribution < -0.4 is 5.32 Å². The summed E-state index contributed by atoms with van der Waals surface area (Å²) in [5.74, 6) is -0.559. The minimum atomic E-state index is -0.743. The Hall–Kier alpha value is -1.66. The maximum Gasteiger partial charge on any atom is 0.308 e. The fraction of sp³-hybridized carbons (Fsp3) is 0.778. The third-order valence-corrected chi connectivity index (χ3v) is 3.02. The summed E-state index contributed by atoms with van der Waals surface area (Å²) >= 11 is 0. The fourth-order valence-corrected chi connectivity index (χ4v) is 2.12. The molecule has 1 fully saturated rings. The number of nitrogens with zero attached hydrogens (tertiary/aromatic N) is 4. The summed E-state index contributed by atoms with van der Waals surface area (Å²) in [5, 5.41) is 23.2. The lowest BCUT2D eigenvalue weighted by atomic mass is 9.84. The zero-order valence-electron chi connectivity index (χ0n) is 9.13. The maximum atomic E-state index is 11.1. The van der Waals surface area contributed by atoms with Gasteiger partial charge in [0.1, 0.15) is 0 Å². The molecule has 16 heavy (non-hydrogen) atoms. The zero-order valence-corrected chi connectivity index (χ0v) is 9.13. The molecule has 0 radical (unpaired) electrons. The van der Waals surface area contributed by atoms with Crippen LogP contribution in [-0.4, -0.2) is 37.3 Å². The van der Waals surface area contributed by atoms with E-state index in [0.29, 0.717) is 5.95 Å². The molecule has 2 N–H and O–H groups in total. The zero-order chi connectivity index (χ0) is 11.5. The molecule has 0 bridgehead atoms. The van der Waals surface area contributed by atoms with Crippen LogP contribution in [0, 0.1) is 5.92 Å². The van der Waals surface area contributed by atoms with Gasteiger partial charge in [-0.2, -0.15) is 0 Å². The standard InChI is InChI=1S/C9H15N5O2/c1-14-9(11-12-13-14)10-7-5-3-2-4-6(7)8(15)16/h6-7H,2-5H2,1H3,(H,15,16)(H,10,11,13). The normalized spacial score (nSPS) is 25.3. The van der Waals surface area contributed by atoms with Gasteiger partial charge >= 0.3 is 5.97 Å². The molecule has 2 rings (SSSR count). The highest BCUT2D eigenvalue weighted by Crippen LogP contribution is 2.26. The van der Waals surface area contributed by atoms with E-state index in [2.05, 4.69) is 20.8 Å². The molecule has 7 nitrogen and oxygen atoms in total. The number of aliphatic carboxylic acids is 1. The van der Waals surface area contributed by atoms with E-state index in [1.807, 2.05) is 0 Å². The third kappa shape index (κ3) is 2.12. The van der Waals surface area contributed by atoms with E-state index in [1.54, 1.807) is 7.05 Å². The second kappa shape index (κ2) is 4.46. The topological polar surface area (TPSA) is 92.9 Å². The monoisotopic (exact) mass is 225 g/mol. The molecule has 1 aliphatic rings. The first-order valence-electron chi connectivity index (χ1n) is 5.40. The summed E-state index contributed by atoms with van der Waals surface area (Å²) in [7, 11) is 1.72. The van der Waals surface area contributed by atoms with E-state index < -0.39 is 5.97 Å². The molecular weight excluding hydrogens is 210 g/mol. The Bertz CT molecular complexity index is 378. The number of hydrogen-bond acceptors (Lipinski definition) is 5. The van der Waals surface area contributed by atoms with Crippen molar-refractivity contribution in [3.05, 3.63) is 0 Å². The van der Waals surface area contributed by atoms with Gasteiger partial charge in [-0.25, -0.2) is 4.68 Å². The lowest BCUT2D eigenvalue weighted by Gasteiger charge is -2.29. The SMILES string of the molecule is Cn1nnnc1NC1CCCCC1C(=O)O. The summed E-state index contributed by atoms with van der Waals surface area (Å²) in [6.45, 7) is 0. The Kier molecular flexibility index (Phi) is 3.02. The average molecular weight is 225 g/mol. The number of tetrazole rings is 1. The molecule has 0 amide bonds. The largest absolute Gasteiger partial charge is 0.481 e. The predicted octanol–water partition coefficient (Wildman–Crippen LogP) is 0.265. The van der Waals surface area contributed by atoms with Gasteiger partial charge in [0.05, 0.1) is 5.92 Å². The van der Waals surface area contributed by atoms with Crippen LogP contribution in [0.5, 0.6) is 0 Å². The first-order chi connectivity index (χ1) is 7.68. The molecule has 0 saturated heterocycles. The third-order valence-electron chi connectivity index (χ3n) is 3.02. The minimum Gasteiger partial charge on any atom is -0.481 e. The van der Waals surface area contributed by atoms with Crippen LogP contribution in [0.1, 0.15) is 25.7 Å². The van der Waals surface area contributed by atoms with Crippen LogP contribution in [0.15, 0.2) is 0 Å². The van der Waals surface area contributed by atoms with E-state index in [0.717, 1.165) is 25.7 Å². The molecule has 2 unspecified atom stereocenters. The molecule has 1 heterocycles. The molecule has 0 aliphatic heterocycles. The van der Waals surface area contributed by atoms with Gasteiger partial charge in [0.25, 0.3) is 0 Å². The second-order valence-corrected chi connectivity index (χ2v) is 4.11. The van der Waals surface area contributed by atoms with E-state index in [4.69, 9.17) is 5.11 Å². The van der Waals surface area contributed by atoms with E-state index in [9.17, 15) is 4.79 Å². The Morgan fingerprint density at radius 1 is 1.50 bits per heavy atom. The Morgan fingerprint density at radius 2 is 2.25 bits per heavy atom. The Labute approximate surface area is 92.8 Å². The van der Waals surface area contributed by atoms with Crippen LogP contribution in [0.25, 0.3) is 0 Å². The second-order valence-electron chi connectivity index (χ2n) is 4.11. The summed E-state index contributed by atoms with van der Waals surface area (Å²) < 4.78 is 1.51. The van der Waals surface area contributed by atoms with Crippen LogP contribution in [0.2, 0.25) is 0 Å². The van der Waals surface area contributed by atoms with Crippen LogP contribution in [0.4, 0.5) is 5.95 Å². The van der Waals surface area contributed by atoms with Crippen molar-refractivity contribution in [1.29, 1.82) is 0 Å². The highest BCUT2D eigenvalue weighted by molar-refractivity contribution is 5.71. The molecule has 0 aromatic carbocycles. The Morgan fingerprint density at radius 3 is 2.88 bits per heavy atom. The Balaban J connectivity index is 2.07. The van der Waals surface area contributed by atoms with Gasteiger partial charge in [-0.3, -0.25) is 4.79 Å². The van der Waals surface area contributed by atoms with Gasteiger partial charge in [0.2, 0.25) is 5.95 Å². The summed E-state index contributed by atoms with van der Waals surface area (Å²) in [4.78, 5) is 11.1. The highest BCUT2D eigenvalue weighted by Gasteiger charge is 2.31. The van der Waals surface area contributed by atoms with Crippen LogP contribution >= 0.6 is 0 Å². The van der Waals surface area contributed by atoms with Crippen molar-refractivity contribution in [2.45, 2.75) is 31.7 Å². The van der Waals surface area contributed by atoms with Gasteiger partial charge in [0.15, 0.2) is 0 Å². The summed E-state index contributed by atoms with van der Waals surface area (Å²) in [6, 6.07) is -0.0732. The quantitative estimate of drug-likeness (QED) is 0.766. The molecular formula is C9H15N5O2. The smallest absolute Gasteiger partial charge is 0.308 e. The number of nitrogens with one attached hydrogen (secondary N) is 1. The maximum absolute atomic E-state index is 11.1. The predicted molar refractivity (Wildman–Crippen MR) is 55.8 cm³/mol. The van der Waals surface area contributed by atoms with Crippen molar-refractivity contribution >= 4 is 11.9 Å². The number of hydrogen-bond donors (Lipinski definition) is 2. The van der Waals surface area contributed by atoms with Crippen molar-refractivity contribution < 1.29 is 9.90 Å². The van der Waals surface area contributed by atoms with Crippen molar-refractivity contribution in [1.82, 2.24) is 20.2 Å². The van der Waals surface area contributed by atoms with E-state index in [1.165, 1.54) is 4.68 Å². The number of anilines is 1. The summed E-state index contributed by atoms with van der Waals surface area (Å²) in [6.07, 6.45) is 3.60. The number of carbonyl (C=O) groups is 1. The van der Waals surface area contributed by atoms with Crippen molar-refractivity contribution in [2.75, 3.05) is 5.32 Å². The minimum absolute atomic E-state index is 0.0732. The number of carboxylic acids is 1. The molecule has 88 valence electrons. The first-order valence-corrected chi connectivity index (χ1v) is 5.40. The number of aryl methyl sites for hydroxylation is 1. The van der Waals surface area contributed by atoms with E-state index >= 15 is 0 Å². The molecule has 0 spiro atoms. The molecule has 2 atom stereocenters. The lowest BCUT2D eigenvalue weighted by molar-refractivity contribution is -0.143. The van der Waals surface area contributed by atoms with Gasteiger partial charge in [-0.1, -0.05) is 17.9 Å². The molecule has 1 aliphatic carbocycles. The van der Waals surface area contributed by atoms with Gasteiger partial charge in [0, 0.05) is 13.1 Å². The molecule has 1 aromatic heterocycles. The molecule has 7 heteroatoms. The van der Waals surface area contributed by atoms with Gasteiger partial charge < -0.3 is 10.4 Å². The van der Waals surface area contributed by atoms with E-state index in [-0.39, 0.29) is 12.0 Å². The number of rotatable bonds is 3. The number of carboxylic acid groups (broad SMARTS) is 1. The van der Waals surface area contributed by atoms with Crippen LogP contribution in [0.3, 0.4) is 0 Å². The first kappa shape index (κ1) is 10.8. The lowest BCUT2D eigenvalue weighted by Crippen LogP contribution is -2.37. The number of aromatic nitrogens is 4. The van der Waals surface area contributed by atoms with Crippen LogP contribution in [-0.2, 0) is 11.8 Å². The van der Waals surface area contributed by atoms with Crippen molar-refractivity contribution in [3.8, 4) is 0 Å². The average Bonchev–Trinajstić information content (AvgIpc) is 2.65.